The molecule has 11 aromatic rings. The minimum atomic E-state index is 0.0524. The van der Waals surface area contributed by atoms with Gasteiger partial charge in [0.25, 0.3) is 0 Å². The van der Waals surface area contributed by atoms with Gasteiger partial charge in [-0.1, -0.05) is 166 Å². The monoisotopic (exact) mass is 703 g/mol. The van der Waals surface area contributed by atoms with Crippen LogP contribution in [0.1, 0.15) is 26.3 Å². The van der Waals surface area contributed by atoms with Gasteiger partial charge in [-0.3, -0.25) is 0 Å². The second-order valence-electron chi connectivity index (χ2n) is 15.9. The molecule has 2 aromatic heterocycles. The van der Waals surface area contributed by atoms with Crippen LogP contribution in [0.4, 0.5) is 0 Å². The van der Waals surface area contributed by atoms with Crippen molar-refractivity contribution in [3.05, 3.63) is 175 Å². The Bertz CT molecular complexity index is 3250. The fourth-order valence-corrected chi connectivity index (χ4v) is 8.68. The highest BCUT2D eigenvalue weighted by Crippen LogP contribution is 2.46. The Labute approximate surface area is 319 Å². The number of hydrogen-bond donors (Lipinski definition) is 0. The summed E-state index contributed by atoms with van der Waals surface area (Å²) in [5.41, 5.74) is 13.4. The van der Waals surface area contributed by atoms with Crippen molar-refractivity contribution in [2.24, 2.45) is 0 Å². The van der Waals surface area contributed by atoms with E-state index in [0.717, 1.165) is 55.2 Å². The first kappa shape index (κ1) is 31.7. The predicted molar refractivity (Wildman–Crippen MR) is 233 cm³/mol. The van der Waals surface area contributed by atoms with E-state index in [9.17, 15) is 0 Å². The predicted octanol–water partition coefficient (Wildman–Crippen LogP) is 15.0. The number of pyridine rings is 1. The lowest BCUT2D eigenvalue weighted by molar-refractivity contribution is 0.591. The molecule has 2 heteroatoms. The Morgan fingerprint density at radius 3 is 1.69 bits per heavy atom. The molecule has 0 fully saturated rings. The van der Waals surface area contributed by atoms with E-state index in [0.29, 0.717) is 0 Å². The van der Waals surface area contributed by atoms with E-state index in [2.05, 4.69) is 172 Å². The first-order valence-corrected chi connectivity index (χ1v) is 19.1. The lowest BCUT2D eigenvalue weighted by Gasteiger charge is -2.23. The summed E-state index contributed by atoms with van der Waals surface area (Å²) in [6, 6.07) is 61.8. The zero-order valence-electron chi connectivity index (χ0n) is 31.0. The molecule has 0 aliphatic heterocycles. The largest absolute Gasteiger partial charge is 0.455 e. The number of aromatic nitrogens is 1. The van der Waals surface area contributed by atoms with Crippen molar-refractivity contribution in [3.63, 3.8) is 0 Å². The van der Waals surface area contributed by atoms with Gasteiger partial charge in [0.2, 0.25) is 0 Å². The number of hydrogen-bond acceptors (Lipinski definition) is 2. The van der Waals surface area contributed by atoms with E-state index in [4.69, 9.17) is 9.40 Å². The van der Waals surface area contributed by atoms with Gasteiger partial charge in [0.15, 0.2) is 0 Å². The highest BCUT2D eigenvalue weighted by molar-refractivity contribution is 6.28. The smallest absolute Gasteiger partial charge is 0.143 e. The van der Waals surface area contributed by atoms with Crippen LogP contribution in [-0.4, -0.2) is 4.98 Å². The highest BCUT2D eigenvalue weighted by Gasteiger charge is 2.21. The van der Waals surface area contributed by atoms with Gasteiger partial charge in [-0.25, -0.2) is 4.98 Å². The molecule has 0 radical (unpaired) electrons. The van der Waals surface area contributed by atoms with E-state index < -0.39 is 0 Å². The number of fused-ring (bicyclic) bond motifs is 4. The molecule has 0 N–H and O–H groups in total. The van der Waals surface area contributed by atoms with Crippen molar-refractivity contribution >= 4 is 65.2 Å². The Hall–Kier alpha value is -6.77. The molecule has 0 unspecified atom stereocenters. The summed E-state index contributed by atoms with van der Waals surface area (Å²) in [4.78, 5) is 4.98. The molecule has 260 valence electrons. The summed E-state index contributed by atoms with van der Waals surface area (Å²) < 4.78 is 6.42. The van der Waals surface area contributed by atoms with Gasteiger partial charge in [0, 0.05) is 27.3 Å². The molecule has 0 saturated heterocycles. The molecule has 0 aliphatic rings. The van der Waals surface area contributed by atoms with Gasteiger partial charge in [-0.05, 0) is 95.4 Å². The molecular formula is C53H37NO. The number of nitrogens with zero attached hydrogens (tertiary/aromatic N) is 1. The zero-order chi connectivity index (χ0) is 36.8. The van der Waals surface area contributed by atoms with E-state index in [1.807, 2.05) is 18.2 Å². The van der Waals surface area contributed by atoms with Crippen molar-refractivity contribution in [2.45, 2.75) is 26.2 Å². The fraction of sp³-hybridized carbons (Fsp3) is 0.0755. The van der Waals surface area contributed by atoms with Crippen LogP contribution < -0.4 is 0 Å². The molecule has 0 spiro atoms. The minimum absolute atomic E-state index is 0.0524. The highest BCUT2D eigenvalue weighted by atomic mass is 16.3. The molecule has 55 heavy (non-hydrogen) atoms. The topological polar surface area (TPSA) is 26.0 Å². The van der Waals surface area contributed by atoms with Crippen molar-refractivity contribution < 1.29 is 4.42 Å². The molecule has 2 nitrogen and oxygen atoms in total. The van der Waals surface area contributed by atoms with Crippen LogP contribution >= 0.6 is 0 Å². The molecule has 0 atom stereocenters. The van der Waals surface area contributed by atoms with Gasteiger partial charge in [-0.15, -0.1) is 0 Å². The van der Waals surface area contributed by atoms with E-state index in [-0.39, 0.29) is 5.41 Å². The van der Waals surface area contributed by atoms with Crippen LogP contribution in [0, 0.1) is 0 Å². The number of furan rings is 1. The van der Waals surface area contributed by atoms with Crippen molar-refractivity contribution in [1.29, 1.82) is 0 Å². The molecule has 0 saturated carbocycles. The molecule has 2 heterocycles. The third-order valence-electron chi connectivity index (χ3n) is 11.6. The Morgan fingerprint density at radius 1 is 0.418 bits per heavy atom. The SMILES string of the molecule is CC(C)(C)c1cc2ccc3c(-c4ccc(-c5ccc6ccccc6n5)cc4)cc(-c4ccc(-c5cccc6c5oc5ccccc56)cc4)c4ccc(c1)c2c34. The van der Waals surface area contributed by atoms with Gasteiger partial charge in [0.05, 0.1) is 11.2 Å². The normalized spacial score (nSPS) is 12.3. The van der Waals surface area contributed by atoms with Gasteiger partial charge < -0.3 is 4.42 Å². The van der Waals surface area contributed by atoms with Crippen molar-refractivity contribution in [2.75, 3.05) is 0 Å². The minimum Gasteiger partial charge on any atom is -0.455 e. The van der Waals surface area contributed by atoms with E-state index in [1.165, 1.54) is 60.1 Å². The Balaban J connectivity index is 1.09. The van der Waals surface area contributed by atoms with Crippen LogP contribution in [0.5, 0.6) is 0 Å². The first-order chi connectivity index (χ1) is 26.9. The van der Waals surface area contributed by atoms with Crippen LogP contribution in [-0.2, 0) is 5.41 Å². The van der Waals surface area contributed by atoms with Crippen molar-refractivity contribution in [3.8, 4) is 44.6 Å². The summed E-state index contributed by atoms with van der Waals surface area (Å²) in [5.74, 6) is 0. The lowest BCUT2D eigenvalue weighted by Crippen LogP contribution is -2.10. The lowest BCUT2D eigenvalue weighted by atomic mass is 9.81. The quantitative estimate of drug-likeness (QED) is 0.171. The molecule has 11 rings (SSSR count). The second-order valence-corrected chi connectivity index (χ2v) is 15.9. The summed E-state index contributed by atoms with van der Waals surface area (Å²) in [6.07, 6.45) is 0. The molecule has 9 aromatic carbocycles. The number of rotatable bonds is 4. The maximum absolute atomic E-state index is 6.42. The number of benzene rings is 9. The van der Waals surface area contributed by atoms with E-state index >= 15 is 0 Å². The fourth-order valence-electron chi connectivity index (χ4n) is 8.68. The summed E-state index contributed by atoms with van der Waals surface area (Å²) >= 11 is 0. The van der Waals surface area contributed by atoms with Crippen molar-refractivity contribution in [1.82, 2.24) is 4.98 Å². The maximum Gasteiger partial charge on any atom is 0.143 e. The van der Waals surface area contributed by atoms with Crippen LogP contribution in [0.15, 0.2) is 174 Å². The van der Waals surface area contributed by atoms with Crippen LogP contribution in [0.25, 0.3) is 110 Å². The van der Waals surface area contributed by atoms with Crippen LogP contribution in [0.3, 0.4) is 0 Å². The molecule has 0 aliphatic carbocycles. The standard InChI is InChI=1S/C53H37NO/c1-53(2,3)39-29-37-23-26-42-45(33-17-15-32(16-18-33)40-11-8-12-44-41-10-5-7-14-49(41)55-52(40)44)31-46(43-27-24-38(30-39)50(37)51(42)43)34-19-21-36(22-20-34)48-28-25-35-9-4-6-13-47(35)54-48/h4-31H,1-3H3. The Morgan fingerprint density at radius 2 is 1.00 bits per heavy atom. The zero-order valence-corrected chi connectivity index (χ0v) is 31.0. The molecular weight excluding hydrogens is 667 g/mol. The van der Waals surface area contributed by atoms with Gasteiger partial charge in [0.1, 0.15) is 11.2 Å². The summed E-state index contributed by atoms with van der Waals surface area (Å²) in [7, 11) is 0. The van der Waals surface area contributed by atoms with Gasteiger partial charge in [-0.2, -0.15) is 0 Å². The summed E-state index contributed by atoms with van der Waals surface area (Å²) in [6.45, 7) is 6.89. The molecule has 0 amide bonds. The average Bonchev–Trinajstić information content (AvgIpc) is 3.61. The van der Waals surface area contributed by atoms with Gasteiger partial charge >= 0.3 is 0 Å². The van der Waals surface area contributed by atoms with E-state index in [1.54, 1.807) is 0 Å². The molecule has 0 bridgehead atoms. The Kier molecular flexibility index (Phi) is 6.85. The van der Waals surface area contributed by atoms with Crippen LogP contribution in [0.2, 0.25) is 0 Å². The average molecular weight is 704 g/mol. The second kappa shape index (κ2) is 11.9. The maximum atomic E-state index is 6.42. The third kappa shape index (κ3) is 5.06. The third-order valence-corrected chi connectivity index (χ3v) is 11.6. The summed E-state index contributed by atoms with van der Waals surface area (Å²) in [5, 5.41) is 11.2. The first-order valence-electron chi connectivity index (χ1n) is 19.1. The number of para-hydroxylation sites is 3.